The molecule has 0 bridgehead atoms. The van der Waals surface area contributed by atoms with Crippen LogP contribution in [0.15, 0.2) is 0 Å². The lowest BCUT2D eigenvalue weighted by molar-refractivity contribution is -0.00000432. The Labute approximate surface area is 72.4 Å². The predicted molar refractivity (Wildman–Crippen MR) is 34.1 cm³/mol. The van der Waals surface area contributed by atoms with Crippen LogP contribution in [0, 0.1) is 0 Å². The molecule has 0 aromatic carbocycles. The summed E-state index contributed by atoms with van der Waals surface area (Å²) in [5.41, 5.74) is 0. The fraction of sp³-hybridized carbons (Fsp3) is 1.00. The molecule has 0 aliphatic heterocycles. The normalized spacial score (nSPS) is 10.7. The van der Waals surface area contributed by atoms with Crippen molar-refractivity contribution in [3.63, 3.8) is 0 Å². The van der Waals surface area contributed by atoms with E-state index in [2.05, 4.69) is 0 Å². The molecule has 0 atom stereocenters. The first kappa shape index (κ1) is 12.7. The van der Waals surface area contributed by atoms with Crippen molar-refractivity contribution in [1.29, 1.82) is 0 Å². The van der Waals surface area contributed by atoms with Crippen molar-refractivity contribution in [2.45, 2.75) is 0 Å². The molecule has 0 fully saturated rings. The van der Waals surface area contributed by atoms with Crippen LogP contribution in [0.4, 0.5) is 0 Å². The van der Waals surface area contributed by atoms with Crippen LogP contribution >= 0.6 is 7.26 Å². The molecule has 0 aliphatic carbocycles. The minimum Gasteiger partial charge on any atom is -1.00 e. The van der Waals surface area contributed by atoms with Crippen molar-refractivity contribution in [3.05, 3.63) is 0 Å². The molecule has 0 rings (SSSR count). The summed E-state index contributed by atoms with van der Waals surface area (Å²) in [5, 5.41) is 25.5. The Morgan fingerprint density at radius 3 is 1.22 bits per heavy atom. The lowest BCUT2D eigenvalue weighted by Gasteiger charge is -2.12. The molecule has 0 unspecified atom stereocenters. The Kier molecular flexibility index (Phi) is 8.18. The van der Waals surface area contributed by atoms with E-state index in [0.717, 1.165) is 0 Å². The summed E-state index contributed by atoms with van der Waals surface area (Å²) in [4.78, 5) is 0. The molecule has 9 heavy (non-hydrogen) atoms. The lowest BCUT2D eigenvalue weighted by Crippen LogP contribution is -3.00. The molecule has 0 aromatic heterocycles. The molecule has 3 nitrogen and oxygen atoms in total. The fourth-order valence-corrected chi connectivity index (χ4v) is 0.402. The van der Waals surface area contributed by atoms with Gasteiger partial charge in [-0.1, -0.05) is 0 Å². The molecule has 58 valence electrons. The first-order valence-electron chi connectivity index (χ1n) is 2.34. The van der Waals surface area contributed by atoms with Crippen LogP contribution < -0.4 is 24.0 Å². The Morgan fingerprint density at radius 1 is 1.00 bits per heavy atom. The maximum absolute atomic E-state index is 8.51. The van der Waals surface area contributed by atoms with E-state index in [9.17, 15) is 0 Å². The van der Waals surface area contributed by atoms with Crippen molar-refractivity contribution in [2.75, 3.05) is 25.7 Å². The predicted octanol–water partition coefficient (Wildman–Crippen LogP) is -3.51. The second-order valence-corrected chi connectivity index (χ2v) is 6.13. The van der Waals surface area contributed by atoms with Crippen LogP contribution in [-0.4, -0.2) is 41.0 Å². The number of aliphatic hydroxyl groups excluding tert-OH is 3. The molecule has 5 heteroatoms. The summed E-state index contributed by atoms with van der Waals surface area (Å²) in [6.45, 7) is 1.72. The summed E-state index contributed by atoms with van der Waals surface area (Å²) in [5.74, 6) is 0. The largest absolute Gasteiger partial charge is 1.00 e. The fourth-order valence-electron chi connectivity index (χ4n) is 0.134. The number of aliphatic hydroxyl groups is 3. The van der Waals surface area contributed by atoms with E-state index in [1.54, 1.807) is 6.66 Å². The number of rotatable bonds is 3. The van der Waals surface area contributed by atoms with E-state index in [4.69, 9.17) is 15.3 Å². The maximum Gasteiger partial charge on any atom is 0.158 e. The van der Waals surface area contributed by atoms with E-state index in [0.29, 0.717) is 0 Å². The molecule has 0 aliphatic rings. The second kappa shape index (κ2) is 5.80. The minimum absolute atomic E-state index is 0. The van der Waals surface area contributed by atoms with Gasteiger partial charge in [0.25, 0.3) is 0 Å². The Morgan fingerprint density at radius 2 is 1.22 bits per heavy atom. The van der Waals surface area contributed by atoms with Gasteiger partial charge in [-0.2, -0.15) is 0 Å². The van der Waals surface area contributed by atoms with Gasteiger partial charge in [-0.15, -0.1) is 0 Å². The first-order valence-corrected chi connectivity index (χ1v) is 5.14. The highest BCUT2D eigenvalue weighted by molar-refractivity contribution is 7.74. The SMILES string of the molecule is C[P+](CO)(CO)CO.[I-]. The molecular formula is C4H12IO3P. The topological polar surface area (TPSA) is 60.7 Å². The highest BCUT2D eigenvalue weighted by atomic mass is 127. The van der Waals surface area contributed by atoms with Gasteiger partial charge in [0, 0.05) is 0 Å². The molecule has 0 saturated heterocycles. The molecule has 3 N–H and O–H groups in total. The van der Waals surface area contributed by atoms with Crippen molar-refractivity contribution < 1.29 is 39.3 Å². The van der Waals surface area contributed by atoms with Gasteiger partial charge in [0.1, 0.15) is 0 Å². The van der Waals surface area contributed by atoms with Gasteiger partial charge in [0.05, 0.1) is 13.9 Å². The van der Waals surface area contributed by atoms with Gasteiger partial charge in [-0.3, -0.25) is 0 Å². The third-order valence-electron chi connectivity index (χ3n) is 1.02. The average Bonchev–Trinajstić information content (AvgIpc) is 1.87. The van der Waals surface area contributed by atoms with E-state index in [1.807, 2.05) is 0 Å². The Balaban J connectivity index is 0. The van der Waals surface area contributed by atoms with Crippen LogP contribution in [0.25, 0.3) is 0 Å². The molecule has 0 saturated carbocycles. The van der Waals surface area contributed by atoms with Gasteiger partial charge in [-0.05, 0) is 0 Å². The molecule has 0 heterocycles. The van der Waals surface area contributed by atoms with Gasteiger partial charge in [0.15, 0.2) is 19.0 Å². The van der Waals surface area contributed by atoms with Crippen molar-refractivity contribution in [1.82, 2.24) is 0 Å². The van der Waals surface area contributed by atoms with Gasteiger partial charge >= 0.3 is 0 Å². The van der Waals surface area contributed by atoms with E-state index < -0.39 is 7.26 Å². The summed E-state index contributed by atoms with van der Waals surface area (Å²) < 4.78 is 0. The minimum atomic E-state index is -1.75. The van der Waals surface area contributed by atoms with Crippen LogP contribution in [0.2, 0.25) is 0 Å². The van der Waals surface area contributed by atoms with Gasteiger partial charge in [-0.25, -0.2) is 0 Å². The number of hydrogen-bond donors (Lipinski definition) is 3. The average molecular weight is 266 g/mol. The van der Waals surface area contributed by atoms with Gasteiger partial charge < -0.3 is 39.3 Å². The third kappa shape index (κ3) is 4.44. The monoisotopic (exact) mass is 266 g/mol. The van der Waals surface area contributed by atoms with E-state index in [-0.39, 0.29) is 43.0 Å². The molecule has 0 aromatic rings. The van der Waals surface area contributed by atoms with Gasteiger partial charge in [0.2, 0.25) is 0 Å². The Bertz CT molecular complexity index is 58.6. The van der Waals surface area contributed by atoms with Crippen molar-refractivity contribution in [3.8, 4) is 0 Å². The lowest BCUT2D eigenvalue weighted by atomic mass is 11.6. The zero-order valence-electron chi connectivity index (χ0n) is 5.29. The summed E-state index contributed by atoms with van der Waals surface area (Å²) in [6, 6.07) is 0. The smallest absolute Gasteiger partial charge is 0.158 e. The van der Waals surface area contributed by atoms with Crippen LogP contribution in [0.1, 0.15) is 0 Å². The maximum atomic E-state index is 8.51. The van der Waals surface area contributed by atoms with E-state index >= 15 is 0 Å². The molecule has 0 radical (unpaired) electrons. The summed E-state index contributed by atoms with van der Waals surface area (Å²) in [7, 11) is -1.75. The summed E-state index contributed by atoms with van der Waals surface area (Å²) in [6.07, 6.45) is -0.208. The van der Waals surface area contributed by atoms with Crippen molar-refractivity contribution >= 4 is 7.26 Å². The van der Waals surface area contributed by atoms with Crippen LogP contribution in [0.3, 0.4) is 0 Å². The third-order valence-corrected chi connectivity index (χ3v) is 3.07. The number of halogens is 1. The highest BCUT2D eigenvalue weighted by Crippen LogP contribution is 2.51. The van der Waals surface area contributed by atoms with E-state index in [1.165, 1.54) is 0 Å². The first-order chi connectivity index (χ1) is 3.68. The molecule has 0 amide bonds. The van der Waals surface area contributed by atoms with Crippen LogP contribution in [0.5, 0.6) is 0 Å². The highest BCUT2D eigenvalue weighted by Gasteiger charge is 2.28. The second-order valence-electron chi connectivity index (χ2n) is 2.04. The number of hydrogen-bond acceptors (Lipinski definition) is 3. The molecule has 0 spiro atoms. The summed E-state index contributed by atoms with van der Waals surface area (Å²) >= 11 is 0. The Hall–Kier alpha value is 1.04. The zero-order valence-corrected chi connectivity index (χ0v) is 8.34. The van der Waals surface area contributed by atoms with Crippen molar-refractivity contribution in [2.24, 2.45) is 0 Å². The molecular weight excluding hydrogens is 254 g/mol. The van der Waals surface area contributed by atoms with Crippen LogP contribution in [-0.2, 0) is 0 Å². The quantitative estimate of drug-likeness (QED) is 0.367. The zero-order chi connectivity index (χ0) is 6.62. The standard InChI is InChI=1S/C4H12O3P.HI/c1-8(2-5,3-6)4-7;/h5-7H,2-4H2,1H3;1H/q+1;/p-1.